The number of rotatable bonds is 1. The molecule has 86 valence electrons. The van der Waals surface area contributed by atoms with E-state index in [9.17, 15) is 5.11 Å². The number of ether oxygens (including phenoxy) is 1. The van der Waals surface area contributed by atoms with Gasteiger partial charge < -0.3 is 9.84 Å². The van der Waals surface area contributed by atoms with Crippen molar-refractivity contribution >= 4 is 11.8 Å². The van der Waals surface area contributed by atoms with E-state index in [1.807, 2.05) is 36.0 Å². The van der Waals surface area contributed by atoms with Gasteiger partial charge in [-0.1, -0.05) is 18.2 Å². The van der Waals surface area contributed by atoms with Crippen LogP contribution in [0.15, 0.2) is 24.3 Å². The van der Waals surface area contributed by atoms with E-state index in [1.54, 1.807) is 0 Å². The van der Waals surface area contributed by atoms with Crippen molar-refractivity contribution in [3.8, 4) is 5.75 Å². The summed E-state index contributed by atoms with van der Waals surface area (Å²) < 4.78 is 6.01. The Morgan fingerprint density at radius 3 is 3.00 bits per heavy atom. The molecule has 2 heterocycles. The average Bonchev–Trinajstić information content (AvgIpc) is 2.82. The molecule has 1 aromatic carbocycles. The van der Waals surface area contributed by atoms with Crippen LogP contribution in [0.1, 0.15) is 24.5 Å². The smallest absolute Gasteiger partial charge is 0.125 e. The first-order valence-corrected chi connectivity index (χ1v) is 7.01. The molecule has 3 heteroatoms. The van der Waals surface area contributed by atoms with E-state index in [-0.39, 0.29) is 12.2 Å². The van der Waals surface area contributed by atoms with Crippen LogP contribution in [0, 0.1) is 5.92 Å². The Bertz CT molecular complexity index is 374. The summed E-state index contributed by atoms with van der Waals surface area (Å²) in [5.41, 5.74) is 0.949. The predicted molar refractivity (Wildman–Crippen MR) is 65.9 cm³/mol. The topological polar surface area (TPSA) is 29.5 Å². The normalized spacial score (nSPS) is 33.2. The molecule has 0 aliphatic carbocycles. The summed E-state index contributed by atoms with van der Waals surface area (Å²) in [6, 6.07) is 7.85. The number of hydrogen-bond donors (Lipinski definition) is 1. The summed E-state index contributed by atoms with van der Waals surface area (Å²) in [6.07, 6.45) is 1.84. The Morgan fingerprint density at radius 2 is 2.19 bits per heavy atom. The molecule has 1 fully saturated rings. The maximum atomic E-state index is 10.1. The average molecular weight is 236 g/mol. The highest BCUT2D eigenvalue weighted by Gasteiger charge is 2.33. The van der Waals surface area contributed by atoms with E-state index in [1.165, 1.54) is 17.9 Å². The summed E-state index contributed by atoms with van der Waals surface area (Å²) in [5.74, 6) is 3.91. The van der Waals surface area contributed by atoms with Crippen molar-refractivity contribution in [3.63, 3.8) is 0 Å². The van der Waals surface area contributed by atoms with Gasteiger partial charge in [0.1, 0.15) is 11.9 Å². The highest BCUT2D eigenvalue weighted by molar-refractivity contribution is 7.99. The summed E-state index contributed by atoms with van der Waals surface area (Å²) >= 11 is 2.00. The van der Waals surface area contributed by atoms with Gasteiger partial charge in [0.25, 0.3) is 0 Å². The molecule has 3 rings (SSSR count). The largest absolute Gasteiger partial charge is 0.490 e. The van der Waals surface area contributed by atoms with Crippen molar-refractivity contribution in [1.29, 1.82) is 0 Å². The lowest BCUT2D eigenvalue weighted by atomic mass is 9.91. The molecule has 2 aliphatic rings. The fourth-order valence-corrected chi connectivity index (χ4v) is 3.88. The molecule has 2 nitrogen and oxygen atoms in total. The van der Waals surface area contributed by atoms with Crippen LogP contribution < -0.4 is 4.74 Å². The third-order valence-electron chi connectivity index (χ3n) is 3.50. The number of hydrogen-bond acceptors (Lipinski definition) is 3. The lowest BCUT2D eigenvalue weighted by Gasteiger charge is -2.32. The van der Waals surface area contributed by atoms with Gasteiger partial charge in [0.15, 0.2) is 0 Å². The molecule has 0 aromatic heterocycles. The van der Waals surface area contributed by atoms with Gasteiger partial charge >= 0.3 is 0 Å². The maximum absolute atomic E-state index is 10.1. The predicted octanol–water partition coefficient (Wildman–Crippen LogP) is 2.62. The van der Waals surface area contributed by atoms with E-state index >= 15 is 0 Å². The zero-order valence-electron chi connectivity index (χ0n) is 9.13. The molecule has 0 amide bonds. The molecule has 3 atom stereocenters. The van der Waals surface area contributed by atoms with Gasteiger partial charge in [-0.3, -0.25) is 0 Å². The molecule has 0 radical (unpaired) electrons. The summed E-state index contributed by atoms with van der Waals surface area (Å²) in [5, 5.41) is 10.1. The number of thioether (sulfide) groups is 1. The van der Waals surface area contributed by atoms with Crippen molar-refractivity contribution in [2.75, 3.05) is 11.5 Å². The molecule has 2 aliphatic heterocycles. The van der Waals surface area contributed by atoms with E-state index < -0.39 is 0 Å². The van der Waals surface area contributed by atoms with Crippen LogP contribution in [0.5, 0.6) is 5.75 Å². The minimum Gasteiger partial charge on any atom is -0.490 e. The Kier molecular flexibility index (Phi) is 2.82. The third kappa shape index (κ3) is 1.82. The Labute approximate surface area is 100 Å². The van der Waals surface area contributed by atoms with Crippen LogP contribution in [0.25, 0.3) is 0 Å². The number of benzene rings is 1. The van der Waals surface area contributed by atoms with Crippen LogP contribution in [-0.2, 0) is 0 Å². The van der Waals surface area contributed by atoms with E-state index in [0.717, 1.165) is 17.7 Å². The number of fused-ring (bicyclic) bond motifs is 1. The van der Waals surface area contributed by atoms with Crippen LogP contribution in [0.3, 0.4) is 0 Å². The van der Waals surface area contributed by atoms with Gasteiger partial charge in [0.05, 0.1) is 6.10 Å². The molecule has 1 saturated heterocycles. The SMILES string of the molecule is OC1CC(C2CCSC2)Oc2ccccc21. The summed E-state index contributed by atoms with van der Waals surface area (Å²) in [6.45, 7) is 0. The van der Waals surface area contributed by atoms with Crippen LogP contribution >= 0.6 is 11.8 Å². The van der Waals surface area contributed by atoms with E-state index in [0.29, 0.717) is 5.92 Å². The van der Waals surface area contributed by atoms with Crippen molar-refractivity contribution in [3.05, 3.63) is 29.8 Å². The van der Waals surface area contributed by atoms with Gasteiger partial charge in [-0.25, -0.2) is 0 Å². The van der Waals surface area contributed by atoms with Crippen LogP contribution in [-0.4, -0.2) is 22.7 Å². The fourth-order valence-electron chi connectivity index (χ4n) is 2.56. The maximum Gasteiger partial charge on any atom is 0.125 e. The Balaban J connectivity index is 1.83. The van der Waals surface area contributed by atoms with E-state index in [2.05, 4.69) is 0 Å². The van der Waals surface area contributed by atoms with Crippen molar-refractivity contribution in [2.24, 2.45) is 5.92 Å². The minimum absolute atomic E-state index is 0.208. The monoisotopic (exact) mass is 236 g/mol. The summed E-state index contributed by atoms with van der Waals surface area (Å²) in [4.78, 5) is 0. The second-order valence-corrected chi connectivity index (χ2v) is 5.72. The highest BCUT2D eigenvalue weighted by Crippen LogP contribution is 2.39. The third-order valence-corrected chi connectivity index (χ3v) is 4.69. The molecular formula is C13H16O2S. The van der Waals surface area contributed by atoms with E-state index in [4.69, 9.17) is 4.74 Å². The second kappa shape index (κ2) is 4.30. The number of aliphatic hydroxyl groups excluding tert-OH is 1. The number of aliphatic hydroxyl groups is 1. The highest BCUT2D eigenvalue weighted by atomic mass is 32.2. The molecule has 0 bridgehead atoms. The Hall–Kier alpha value is -0.670. The van der Waals surface area contributed by atoms with Gasteiger partial charge in [0.2, 0.25) is 0 Å². The molecule has 1 aromatic rings. The zero-order valence-corrected chi connectivity index (χ0v) is 9.95. The lowest BCUT2D eigenvalue weighted by molar-refractivity contribution is 0.0402. The summed E-state index contributed by atoms with van der Waals surface area (Å²) in [7, 11) is 0. The molecule has 1 N–H and O–H groups in total. The van der Waals surface area contributed by atoms with Crippen molar-refractivity contribution in [2.45, 2.75) is 25.0 Å². The molecule has 16 heavy (non-hydrogen) atoms. The first-order chi connectivity index (χ1) is 7.84. The van der Waals surface area contributed by atoms with Gasteiger partial charge in [0, 0.05) is 17.9 Å². The quantitative estimate of drug-likeness (QED) is 0.813. The molecular weight excluding hydrogens is 220 g/mol. The standard InChI is InChI=1S/C13H16O2S/c14-11-7-13(9-5-6-16-8-9)15-12-4-2-1-3-10(11)12/h1-4,9,11,13-14H,5-8H2. The molecule has 3 unspecified atom stereocenters. The fraction of sp³-hybridized carbons (Fsp3) is 0.538. The molecule has 0 spiro atoms. The van der Waals surface area contributed by atoms with Gasteiger partial charge in [-0.2, -0.15) is 11.8 Å². The van der Waals surface area contributed by atoms with Crippen LogP contribution in [0.4, 0.5) is 0 Å². The lowest BCUT2D eigenvalue weighted by Crippen LogP contribution is -2.32. The first-order valence-electron chi connectivity index (χ1n) is 5.86. The molecule has 0 saturated carbocycles. The van der Waals surface area contributed by atoms with Crippen molar-refractivity contribution in [1.82, 2.24) is 0 Å². The van der Waals surface area contributed by atoms with Gasteiger partial charge in [-0.15, -0.1) is 0 Å². The second-order valence-electron chi connectivity index (χ2n) is 4.57. The minimum atomic E-state index is -0.347. The zero-order chi connectivity index (χ0) is 11.0. The Morgan fingerprint density at radius 1 is 1.31 bits per heavy atom. The first kappa shape index (κ1) is 10.5. The van der Waals surface area contributed by atoms with Gasteiger partial charge in [-0.05, 0) is 24.0 Å². The van der Waals surface area contributed by atoms with Crippen molar-refractivity contribution < 1.29 is 9.84 Å². The van der Waals surface area contributed by atoms with Crippen LogP contribution in [0.2, 0.25) is 0 Å². The number of para-hydroxylation sites is 1.